The molecule has 0 heterocycles. The molecule has 0 bridgehead atoms. The molecule has 0 saturated heterocycles. The summed E-state index contributed by atoms with van der Waals surface area (Å²) in [5.74, 6) is -14.5. The molecule has 0 atom stereocenters. The third-order valence-corrected chi connectivity index (χ3v) is 1.52. The highest BCUT2D eigenvalue weighted by molar-refractivity contribution is 6.22. The Morgan fingerprint density at radius 2 is 1.60 bits per heavy atom. The van der Waals surface area contributed by atoms with Crippen LogP contribution < -0.4 is 0 Å². The molecule has 0 aliphatic carbocycles. The van der Waals surface area contributed by atoms with Gasteiger partial charge in [0.1, 0.15) is 0 Å². The highest BCUT2D eigenvalue weighted by Crippen LogP contribution is 2.48. The van der Waals surface area contributed by atoms with Crippen molar-refractivity contribution in [1.29, 1.82) is 0 Å². The number of carbonyl (C=O) groups excluding carboxylic acids is 1. The zero-order valence-corrected chi connectivity index (χ0v) is 7.93. The summed E-state index contributed by atoms with van der Waals surface area (Å²) in [6, 6.07) is 0. The summed E-state index contributed by atoms with van der Waals surface area (Å²) >= 11 is 3.78. The third kappa shape index (κ3) is 2.47. The molecule has 9 heteroatoms. The first-order valence-corrected chi connectivity index (χ1v) is 3.85. The van der Waals surface area contributed by atoms with Gasteiger partial charge in [0.05, 0.1) is 6.61 Å². The molecule has 0 amide bonds. The Morgan fingerprint density at radius 1 is 1.20 bits per heavy atom. The maximum atomic E-state index is 12.5. The first kappa shape index (κ1) is 14.3. The van der Waals surface area contributed by atoms with Gasteiger partial charge in [-0.2, -0.15) is 26.3 Å². The average molecular weight is 259 g/mol. The summed E-state index contributed by atoms with van der Waals surface area (Å²) in [5.41, 5.74) is 0. The fourth-order valence-electron chi connectivity index (χ4n) is 0.528. The van der Waals surface area contributed by atoms with E-state index in [0.29, 0.717) is 0 Å². The van der Waals surface area contributed by atoms with E-state index in [1.54, 1.807) is 0 Å². The van der Waals surface area contributed by atoms with Crippen molar-refractivity contribution in [3.63, 3.8) is 0 Å². The van der Waals surface area contributed by atoms with Crippen LogP contribution in [-0.2, 0) is 9.53 Å². The summed E-state index contributed by atoms with van der Waals surface area (Å²) in [6.07, 6.45) is 0. The number of halogens is 7. The van der Waals surface area contributed by atoms with Crippen LogP contribution in [0.1, 0.15) is 6.92 Å². The van der Waals surface area contributed by atoms with Crippen molar-refractivity contribution >= 4 is 17.6 Å². The van der Waals surface area contributed by atoms with E-state index in [2.05, 4.69) is 16.3 Å². The number of carbonyl (C=O) groups is 1. The molecule has 0 aromatic heterocycles. The van der Waals surface area contributed by atoms with Crippen LogP contribution in [0, 0.1) is 0 Å². The fourth-order valence-corrected chi connectivity index (χ4v) is 0.647. The van der Waals surface area contributed by atoms with Crippen LogP contribution in [0.4, 0.5) is 26.3 Å². The molecule has 2 nitrogen and oxygen atoms in total. The smallest absolute Gasteiger partial charge is 0.412 e. The monoisotopic (exact) mass is 258 g/mol. The van der Waals surface area contributed by atoms with Crippen molar-refractivity contribution < 1.29 is 35.9 Å². The number of esters is 1. The molecule has 0 spiro atoms. The van der Waals surface area contributed by atoms with Gasteiger partial charge in [0.2, 0.25) is 0 Å². The van der Waals surface area contributed by atoms with Gasteiger partial charge >= 0.3 is 23.2 Å². The number of alkyl halides is 7. The van der Waals surface area contributed by atoms with E-state index in [1.165, 1.54) is 0 Å². The summed E-state index contributed by atoms with van der Waals surface area (Å²) in [7, 11) is 0. The van der Waals surface area contributed by atoms with Crippen LogP contribution in [0.25, 0.3) is 0 Å². The minimum absolute atomic E-state index is 0.654. The Morgan fingerprint density at radius 3 is 1.87 bits per heavy atom. The van der Waals surface area contributed by atoms with E-state index in [-0.39, 0.29) is 0 Å². The quantitative estimate of drug-likeness (QED) is 0.440. The second-order valence-corrected chi connectivity index (χ2v) is 2.84. The van der Waals surface area contributed by atoms with Gasteiger partial charge in [0.25, 0.3) is 0 Å². The van der Waals surface area contributed by atoms with Crippen molar-refractivity contribution in [3.05, 3.63) is 0 Å². The Kier molecular flexibility index (Phi) is 3.89. The molecule has 0 aromatic rings. The van der Waals surface area contributed by atoms with Crippen molar-refractivity contribution in [2.45, 2.75) is 24.2 Å². The summed E-state index contributed by atoms with van der Waals surface area (Å²) < 4.78 is 77.1. The van der Waals surface area contributed by atoms with Crippen LogP contribution in [0.15, 0.2) is 0 Å². The highest BCUT2D eigenvalue weighted by Gasteiger charge is 2.75. The Hall–Kier alpha value is -0.660. The van der Waals surface area contributed by atoms with Crippen LogP contribution in [0.5, 0.6) is 0 Å². The topological polar surface area (TPSA) is 26.3 Å². The SMILES string of the molecule is CCOC(=O)C(F)(F)C(F)(F)C(F)(F)Cl. The van der Waals surface area contributed by atoms with Crippen molar-refractivity contribution in [1.82, 2.24) is 0 Å². The fraction of sp³-hybridized carbons (Fsp3) is 0.833. The molecule has 0 rings (SSSR count). The molecule has 0 saturated carbocycles. The molecular weight excluding hydrogens is 254 g/mol. The molecule has 0 aliphatic heterocycles. The maximum absolute atomic E-state index is 12.5. The van der Waals surface area contributed by atoms with Gasteiger partial charge in [-0.15, -0.1) is 0 Å². The summed E-state index contributed by atoms with van der Waals surface area (Å²) in [6.45, 7) is 0.392. The minimum Gasteiger partial charge on any atom is -0.461 e. The van der Waals surface area contributed by atoms with Gasteiger partial charge in [0, 0.05) is 0 Å². The Bertz CT molecular complexity index is 248. The lowest BCUT2D eigenvalue weighted by Crippen LogP contribution is -2.56. The van der Waals surface area contributed by atoms with Gasteiger partial charge in [-0.05, 0) is 18.5 Å². The Labute approximate surface area is 85.1 Å². The van der Waals surface area contributed by atoms with Crippen molar-refractivity contribution in [3.8, 4) is 0 Å². The normalized spacial score (nSPS) is 13.9. The van der Waals surface area contributed by atoms with Crippen LogP contribution in [0.3, 0.4) is 0 Å². The second kappa shape index (κ2) is 4.07. The molecule has 90 valence electrons. The molecular formula is C6H5ClF6O2. The summed E-state index contributed by atoms with van der Waals surface area (Å²) in [4.78, 5) is 10.3. The number of ether oxygens (including phenoxy) is 1. The largest absolute Gasteiger partial charge is 0.461 e. The van der Waals surface area contributed by atoms with Crippen LogP contribution in [0.2, 0.25) is 0 Å². The van der Waals surface area contributed by atoms with E-state index in [1.807, 2.05) is 0 Å². The Balaban J connectivity index is 5.10. The van der Waals surface area contributed by atoms with E-state index >= 15 is 0 Å². The van der Waals surface area contributed by atoms with Crippen LogP contribution >= 0.6 is 11.6 Å². The zero-order valence-electron chi connectivity index (χ0n) is 7.17. The van der Waals surface area contributed by atoms with E-state index < -0.39 is 29.8 Å². The average Bonchev–Trinajstić information content (AvgIpc) is 2.02. The predicted molar refractivity (Wildman–Crippen MR) is 37.3 cm³/mol. The molecule has 0 aliphatic rings. The van der Waals surface area contributed by atoms with Gasteiger partial charge in [-0.3, -0.25) is 0 Å². The number of hydrogen-bond acceptors (Lipinski definition) is 2. The standard InChI is InChI=1S/C6H5ClF6O2/c1-2-15-3(14)4(8,9)5(10,11)6(7,12)13/h2H2,1H3. The van der Waals surface area contributed by atoms with E-state index in [4.69, 9.17) is 0 Å². The lowest BCUT2D eigenvalue weighted by Gasteiger charge is -2.27. The predicted octanol–water partition coefficient (Wildman–Crippen LogP) is 2.65. The first-order chi connectivity index (χ1) is 6.48. The third-order valence-electron chi connectivity index (χ3n) is 1.28. The molecule has 0 unspecified atom stereocenters. The highest BCUT2D eigenvalue weighted by atomic mass is 35.5. The van der Waals surface area contributed by atoms with Crippen LogP contribution in [-0.4, -0.2) is 29.8 Å². The second-order valence-electron chi connectivity index (χ2n) is 2.37. The van der Waals surface area contributed by atoms with Crippen molar-refractivity contribution in [2.24, 2.45) is 0 Å². The van der Waals surface area contributed by atoms with E-state index in [9.17, 15) is 31.1 Å². The summed E-state index contributed by atoms with van der Waals surface area (Å²) in [5, 5.41) is -5.55. The lowest BCUT2D eigenvalue weighted by atomic mass is 10.2. The molecule has 0 aromatic carbocycles. The first-order valence-electron chi connectivity index (χ1n) is 3.48. The molecule has 0 fully saturated rings. The number of rotatable bonds is 4. The van der Waals surface area contributed by atoms with Gasteiger partial charge in [-0.25, -0.2) is 4.79 Å². The number of hydrogen-bond donors (Lipinski definition) is 0. The molecule has 0 radical (unpaired) electrons. The molecule has 15 heavy (non-hydrogen) atoms. The van der Waals surface area contributed by atoms with Gasteiger partial charge in [0.15, 0.2) is 0 Å². The van der Waals surface area contributed by atoms with Gasteiger partial charge < -0.3 is 4.74 Å². The maximum Gasteiger partial charge on any atom is 0.412 e. The minimum atomic E-state index is -6.02. The van der Waals surface area contributed by atoms with Gasteiger partial charge in [-0.1, -0.05) is 0 Å². The van der Waals surface area contributed by atoms with Crippen molar-refractivity contribution in [2.75, 3.05) is 6.61 Å². The molecule has 0 N–H and O–H groups in total. The van der Waals surface area contributed by atoms with E-state index in [0.717, 1.165) is 6.92 Å². The lowest BCUT2D eigenvalue weighted by molar-refractivity contribution is -0.278. The zero-order chi connectivity index (χ0) is 12.5.